The number of aryl methyl sites for hydroxylation is 1. The first-order chi connectivity index (χ1) is 32.2. The highest BCUT2D eigenvalue weighted by Crippen LogP contribution is 2.23. The maximum absolute atomic E-state index is 11.9. The maximum Gasteiger partial charge on any atom is 0.123 e. The van der Waals surface area contributed by atoms with E-state index in [4.69, 9.17) is 41.2 Å². The van der Waals surface area contributed by atoms with E-state index in [0.29, 0.717) is 52.8 Å². The van der Waals surface area contributed by atoms with Crippen LogP contribution >= 0.6 is 0 Å². The van der Waals surface area contributed by atoms with Gasteiger partial charge in [-0.1, -0.05) is 88.5 Å². The van der Waals surface area contributed by atoms with Crippen LogP contribution in [-0.4, -0.2) is 76.9 Å². The van der Waals surface area contributed by atoms with Gasteiger partial charge in [-0.2, -0.15) is 0 Å². The molecular formula is C55H79F4N5O4. The van der Waals surface area contributed by atoms with Gasteiger partial charge in [0.15, 0.2) is 0 Å². The SMILES string of the molecule is C.C=C(N)C/C=C/c1ccc(OCCF)cc1.CC(=N)CC(C)Cc1ccc(OCCF)cc1.CC(=N)CCC(C)c1ccc(OCCF)cc1.CC(N)=NCCCc1ccc(OCCF)cc1. The second-order valence-corrected chi connectivity index (χ2v) is 16.0. The van der Waals surface area contributed by atoms with Crippen LogP contribution in [0.4, 0.5) is 17.6 Å². The van der Waals surface area contributed by atoms with Crippen molar-refractivity contribution >= 4 is 23.3 Å². The second kappa shape index (κ2) is 38.9. The third-order valence-corrected chi connectivity index (χ3v) is 9.43. The van der Waals surface area contributed by atoms with Gasteiger partial charge >= 0.3 is 0 Å². The first-order valence-electron chi connectivity index (χ1n) is 22.8. The third-order valence-electron chi connectivity index (χ3n) is 9.43. The standard InChI is InChI=1S/2C14H20FNO.C13H19FN2O.C13H16FNO.CH4/c1-11(9-12(2)16)10-13-3-5-14(6-4-13)17-8-7-15;1-11(3-4-12(2)16)13-5-7-14(8-6-13)17-10-9-15;1-11(15)16-9-2-3-12-4-6-13(7-5-12)17-10-8-14;1-11(15)3-2-4-12-5-7-13(8-6-12)16-10-9-14;/h3-6,11,16H,7-10H2,1-2H3;5-8,11,16H,3-4,9-10H2,1-2H3;4-7H,2-3,8-10H2,1H3,(H2,15,16);2,4-8H,1,3,9-10,15H2;1H4/b;;;4-2+;. The van der Waals surface area contributed by atoms with Gasteiger partial charge < -0.3 is 41.2 Å². The fourth-order valence-electron chi connectivity index (χ4n) is 6.15. The zero-order valence-electron chi connectivity index (χ0n) is 40.3. The van der Waals surface area contributed by atoms with E-state index in [-0.39, 0.29) is 33.9 Å². The van der Waals surface area contributed by atoms with Crippen LogP contribution in [0.1, 0.15) is 102 Å². The summed E-state index contributed by atoms with van der Waals surface area (Å²) in [4.78, 5) is 4.13. The van der Waals surface area contributed by atoms with Gasteiger partial charge in [0.1, 0.15) is 76.1 Å². The van der Waals surface area contributed by atoms with Crippen LogP contribution in [0.3, 0.4) is 0 Å². The molecule has 9 nitrogen and oxygen atoms in total. The highest BCUT2D eigenvalue weighted by Gasteiger charge is 2.07. The molecule has 13 heteroatoms. The fourth-order valence-corrected chi connectivity index (χ4v) is 6.15. The van der Waals surface area contributed by atoms with Crippen LogP contribution in [0.5, 0.6) is 23.0 Å². The predicted octanol–water partition coefficient (Wildman–Crippen LogP) is 13.5. The molecule has 0 amide bonds. The summed E-state index contributed by atoms with van der Waals surface area (Å²) < 4.78 is 68.2. The molecule has 0 saturated carbocycles. The lowest BCUT2D eigenvalue weighted by molar-refractivity contribution is 0.273. The van der Waals surface area contributed by atoms with Crippen LogP contribution in [0.2, 0.25) is 0 Å². The summed E-state index contributed by atoms with van der Waals surface area (Å²) in [7, 11) is 0. The minimum Gasteiger partial charge on any atom is -0.491 e. The second-order valence-electron chi connectivity index (χ2n) is 16.0. The molecule has 0 heterocycles. The number of hydrogen-bond donors (Lipinski definition) is 4. The summed E-state index contributed by atoms with van der Waals surface area (Å²) in [5.74, 6) is 4.35. The summed E-state index contributed by atoms with van der Waals surface area (Å²) in [6.45, 7) is 12.7. The molecule has 4 aromatic carbocycles. The van der Waals surface area contributed by atoms with Crippen molar-refractivity contribution in [3.8, 4) is 23.0 Å². The Hall–Kier alpha value is -6.11. The number of ether oxygens (including phenoxy) is 4. The Kier molecular flexibility index (Phi) is 35.4. The average molecular weight is 950 g/mol. The van der Waals surface area contributed by atoms with E-state index in [2.05, 4.69) is 25.4 Å². The van der Waals surface area contributed by atoms with Crippen molar-refractivity contribution in [1.82, 2.24) is 0 Å². The van der Waals surface area contributed by atoms with Gasteiger partial charge in [-0.15, -0.1) is 0 Å². The number of nitrogens with zero attached hydrogens (tertiary/aromatic N) is 1. The van der Waals surface area contributed by atoms with Crippen molar-refractivity contribution in [2.45, 2.75) is 92.9 Å². The molecule has 0 aromatic heterocycles. The van der Waals surface area contributed by atoms with Crippen LogP contribution in [0.25, 0.3) is 6.08 Å². The van der Waals surface area contributed by atoms with E-state index in [0.717, 1.165) is 62.1 Å². The molecule has 0 fully saturated rings. The summed E-state index contributed by atoms with van der Waals surface area (Å²) in [6.07, 6.45) is 10.1. The molecule has 0 bridgehead atoms. The van der Waals surface area contributed by atoms with Crippen molar-refractivity contribution in [3.63, 3.8) is 0 Å². The molecule has 4 rings (SSSR count). The number of allylic oxidation sites excluding steroid dienone is 1. The van der Waals surface area contributed by atoms with E-state index in [1.807, 2.05) is 123 Å². The average Bonchev–Trinajstić information content (AvgIpc) is 3.31. The molecule has 0 radical (unpaired) electrons. The molecule has 68 heavy (non-hydrogen) atoms. The third kappa shape index (κ3) is 32.5. The van der Waals surface area contributed by atoms with Gasteiger partial charge in [0.2, 0.25) is 0 Å². The minimum absolute atomic E-state index is 0. The van der Waals surface area contributed by atoms with Gasteiger partial charge in [0, 0.05) is 30.1 Å². The Morgan fingerprint density at radius 2 is 1.07 bits per heavy atom. The lowest BCUT2D eigenvalue weighted by atomic mass is 9.95. The number of alkyl halides is 4. The maximum atomic E-state index is 11.9. The Morgan fingerprint density at radius 3 is 1.47 bits per heavy atom. The Labute approximate surface area is 405 Å². The number of rotatable bonds is 27. The predicted molar refractivity (Wildman–Crippen MR) is 278 cm³/mol. The van der Waals surface area contributed by atoms with E-state index in [1.165, 1.54) is 16.7 Å². The molecule has 2 atom stereocenters. The largest absolute Gasteiger partial charge is 0.491 e. The zero-order valence-corrected chi connectivity index (χ0v) is 40.3. The Bertz CT molecular complexity index is 1970. The number of benzene rings is 4. The molecule has 0 aliphatic heterocycles. The Morgan fingerprint density at radius 1 is 0.647 bits per heavy atom. The summed E-state index contributed by atoms with van der Waals surface area (Å²) >= 11 is 0. The molecule has 0 aliphatic rings. The molecule has 6 N–H and O–H groups in total. The number of nitrogens with one attached hydrogen (secondary N) is 2. The lowest BCUT2D eigenvalue weighted by Gasteiger charge is -2.12. The van der Waals surface area contributed by atoms with E-state index >= 15 is 0 Å². The molecule has 4 aromatic rings. The smallest absolute Gasteiger partial charge is 0.123 e. The zero-order chi connectivity index (χ0) is 49.7. The monoisotopic (exact) mass is 950 g/mol. The van der Waals surface area contributed by atoms with E-state index < -0.39 is 26.7 Å². The van der Waals surface area contributed by atoms with Gasteiger partial charge in [0.05, 0.1) is 5.84 Å². The molecule has 0 aliphatic carbocycles. The van der Waals surface area contributed by atoms with E-state index in [9.17, 15) is 17.6 Å². The topological polar surface area (TPSA) is 149 Å². The van der Waals surface area contributed by atoms with Crippen LogP contribution in [0.15, 0.2) is 120 Å². The van der Waals surface area contributed by atoms with Gasteiger partial charge in [0.25, 0.3) is 0 Å². The molecule has 2 unspecified atom stereocenters. The number of amidine groups is 1. The lowest BCUT2D eigenvalue weighted by Crippen LogP contribution is -2.06. The normalized spacial score (nSPS) is 11.5. The molecular weight excluding hydrogens is 871 g/mol. The fraction of sp³-hybridized carbons (Fsp3) is 0.436. The van der Waals surface area contributed by atoms with Crippen molar-refractivity contribution in [2.24, 2.45) is 22.4 Å². The number of halogens is 4. The quantitative estimate of drug-likeness (QED) is 0.0202. The summed E-state index contributed by atoms with van der Waals surface area (Å²) in [6, 6.07) is 30.7. The van der Waals surface area contributed by atoms with Crippen LogP contribution in [-0.2, 0) is 12.8 Å². The molecule has 0 saturated heterocycles. The highest BCUT2D eigenvalue weighted by molar-refractivity contribution is 5.79. The van der Waals surface area contributed by atoms with Crippen molar-refractivity contribution in [3.05, 3.63) is 138 Å². The Balaban J connectivity index is 0.000000876. The minimum atomic E-state index is -0.472. The van der Waals surface area contributed by atoms with Gasteiger partial charge in [-0.3, -0.25) is 4.99 Å². The molecule has 376 valence electrons. The summed E-state index contributed by atoms with van der Waals surface area (Å²) in [5.41, 5.74) is 17.7. The molecule has 0 spiro atoms. The van der Waals surface area contributed by atoms with Gasteiger partial charge in [-0.25, -0.2) is 17.6 Å². The first-order valence-corrected chi connectivity index (χ1v) is 22.8. The van der Waals surface area contributed by atoms with Crippen LogP contribution < -0.4 is 30.4 Å². The van der Waals surface area contributed by atoms with E-state index in [1.54, 1.807) is 6.92 Å². The number of aliphatic imine (C=N–C) groups is 1. The first kappa shape index (κ1) is 61.9. The van der Waals surface area contributed by atoms with Crippen molar-refractivity contribution in [2.75, 3.05) is 59.7 Å². The van der Waals surface area contributed by atoms with Crippen LogP contribution in [0, 0.1) is 16.7 Å². The van der Waals surface area contributed by atoms with Crippen molar-refractivity contribution in [1.29, 1.82) is 10.8 Å². The highest BCUT2D eigenvalue weighted by atomic mass is 19.1. The number of hydrogen-bond acceptors (Lipinski definition) is 8. The van der Waals surface area contributed by atoms with Crippen molar-refractivity contribution < 1.29 is 36.5 Å². The van der Waals surface area contributed by atoms with Gasteiger partial charge in [-0.05, 0) is 142 Å². The summed E-state index contributed by atoms with van der Waals surface area (Å²) in [5, 5.41) is 14.8. The number of nitrogens with two attached hydrogens (primary N) is 2.